The van der Waals surface area contributed by atoms with E-state index < -0.39 is 11.8 Å². The van der Waals surface area contributed by atoms with Crippen molar-refractivity contribution >= 4 is 11.9 Å². The molecule has 6 nitrogen and oxygen atoms in total. The molecule has 6 heteroatoms. The third-order valence-corrected chi connectivity index (χ3v) is 5.37. The van der Waals surface area contributed by atoms with Crippen molar-refractivity contribution in [3.63, 3.8) is 0 Å². The summed E-state index contributed by atoms with van der Waals surface area (Å²) in [5, 5.41) is 0. The molecule has 0 saturated heterocycles. The van der Waals surface area contributed by atoms with Gasteiger partial charge in [0.1, 0.15) is 0 Å². The van der Waals surface area contributed by atoms with Crippen molar-refractivity contribution in [1.82, 2.24) is 0 Å². The number of allylic oxidation sites excluding steroid dienone is 2. The van der Waals surface area contributed by atoms with Crippen LogP contribution in [-0.2, 0) is 28.5 Å². The maximum absolute atomic E-state index is 12.9. The van der Waals surface area contributed by atoms with Crippen LogP contribution in [0.3, 0.4) is 0 Å². The maximum Gasteiger partial charge on any atom is 0.314 e. The van der Waals surface area contributed by atoms with Gasteiger partial charge in [0, 0.05) is 13.0 Å². The smallest absolute Gasteiger partial charge is 0.314 e. The van der Waals surface area contributed by atoms with E-state index in [0.717, 1.165) is 16.7 Å². The summed E-state index contributed by atoms with van der Waals surface area (Å²) in [7, 11) is 0. The minimum Gasteiger partial charge on any atom is -0.472 e. The van der Waals surface area contributed by atoms with E-state index in [9.17, 15) is 9.59 Å². The molecule has 0 aromatic carbocycles. The molecule has 0 aromatic rings. The summed E-state index contributed by atoms with van der Waals surface area (Å²) in [4.78, 5) is 25.7. The van der Waals surface area contributed by atoms with Gasteiger partial charge in [-0.25, -0.2) is 0 Å². The predicted molar refractivity (Wildman–Crippen MR) is 100 cm³/mol. The third kappa shape index (κ3) is 4.37. The summed E-state index contributed by atoms with van der Waals surface area (Å²) in [6, 6.07) is 0. The second-order valence-electron chi connectivity index (χ2n) is 7.22. The number of esters is 2. The molecule has 2 aliphatic rings. The first-order valence-corrected chi connectivity index (χ1v) is 9.85. The number of ether oxygens (including phenoxy) is 4. The van der Waals surface area contributed by atoms with E-state index in [-0.39, 0.29) is 43.3 Å². The zero-order chi connectivity index (χ0) is 20.1. The van der Waals surface area contributed by atoms with Crippen molar-refractivity contribution < 1.29 is 28.5 Å². The lowest BCUT2D eigenvalue weighted by atomic mass is 9.60. The van der Waals surface area contributed by atoms with Crippen LogP contribution in [0.25, 0.3) is 0 Å². The Bertz CT molecular complexity index is 616. The molecular formula is C21H32O6. The second-order valence-corrected chi connectivity index (χ2v) is 7.22. The molecule has 0 N–H and O–H groups in total. The molecule has 1 heterocycles. The lowest BCUT2D eigenvalue weighted by Gasteiger charge is -2.45. The van der Waals surface area contributed by atoms with Gasteiger partial charge in [-0.15, -0.1) is 0 Å². The van der Waals surface area contributed by atoms with E-state index in [1.54, 1.807) is 20.1 Å². The Balaban J connectivity index is 2.54. The number of fused-ring (bicyclic) bond motifs is 1. The highest BCUT2D eigenvalue weighted by atomic mass is 16.7. The first-order chi connectivity index (χ1) is 12.9. The molecule has 0 aromatic heterocycles. The summed E-state index contributed by atoms with van der Waals surface area (Å²) in [6.07, 6.45) is 2.01. The fourth-order valence-electron chi connectivity index (χ4n) is 4.28. The van der Waals surface area contributed by atoms with Crippen molar-refractivity contribution in [2.75, 3.05) is 19.8 Å². The van der Waals surface area contributed by atoms with Crippen LogP contribution >= 0.6 is 0 Å². The summed E-state index contributed by atoms with van der Waals surface area (Å²) < 4.78 is 22.1. The van der Waals surface area contributed by atoms with E-state index in [4.69, 9.17) is 18.9 Å². The monoisotopic (exact) mass is 380 g/mol. The molecule has 2 rings (SSSR count). The Labute approximate surface area is 161 Å². The fraction of sp³-hybridized carbons (Fsp3) is 0.714. The standard InChI is InChI=1S/C21H32O6/c1-7-24-16-10-14-13(6)18(20(22)25-8-2)19(21(23)26-9-3)17(12(4)5)15(14)11-27-16/h11,13-14,16,18-19H,7-10H2,1-6H3/t13-,14-,16+,18+,19+/m0/s1. The van der Waals surface area contributed by atoms with E-state index >= 15 is 0 Å². The molecule has 1 aliphatic carbocycles. The Morgan fingerprint density at radius 1 is 1.07 bits per heavy atom. The van der Waals surface area contributed by atoms with Crippen LogP contribution < -0.4 is 0 Å². The number of rotatable bonds is 6. The van der Waals surface area contributed by atoms with Crippen molar-refractivity contribution in [3.05, 3.63) is 23.0 Å². The highest BCUT2D eigenvalue weighted by Crippen LogP contribution is 2.51. The Hall–Kier alpha value is -1.82. The molecule has 1 saturated carbocycles. The lowest BCUT2D eigenvalue weighted by molar-refractivity contribution is -0.165. The van der Waals surface area contributed by atoms with Gasteiger partial charge >= 0.3 is 11.9 Å². The number of hydrogen-bond donors (Lipinski definition) is 0. The molecule has 0 radical (unpaired) electrons. The molecular weight excluding hydrogens is 348 g/mol. The molecule has 1 aliphatic heterocycles. The zero-order valence-corrected chi connectivity index (χ0v) is 17.2. The van der Waals surface area contributed by atoms with Gasteiger partial charge in [0.2, 0.25) is 0 Å². The lowest BCUT2D eigenvalue weighted by Crippen LogP contribution is -2.47. The van der Waals surface area contributed by atoms with Gasteiger partial charge in [-0.3, -0.25) is 9.59 Å². The van der Waals surface area contributed by atoms with Gasteiger partial charge < -0.3 is 18.9 Å². The van der Waals surface area contributed by atoms with Gasteiger partial charge in [-0.2, -0.15) is 0 Å². The fourth-order valence-corrected chi connectivity index (χ4v) is 4.28. The first kappa shape index (κ1) is 21.5. The highest BCUT2D eigenvalue weighted by molar-refractivity contribution is 5.87. The Morgan fingerprint density at radius 2 is 1.70 bits per heavy atom. The molecule has 0 bridgehead atoms. The summed E-state index contributed by atoms with van der Waals surface area (Å²) in [6.45, 7) is 12.5. The molecule has 0 spiro atoms. The van der Waals surface area contributed by atoms with Crippen molar-refractivity contribution in [2.45, 2.75) is 54.3 Å². The summed E-state index contributed by atoms with van der Waals surface area (Å²) in [5.41, 5.74) is 2.78. The third-order valence-electron chi connectivity index (χ3n) is 5.37. The molecule has 0 amide bonds. The zero-order valence-electron chi connectivity index (χ0n) is 17.2. The average Bonchev–Trinajstić information content (AvgIpc) is 2.62. The van der Waals surface area contributed by atoms with Gasteiger partial charge in [0.05, 0.1) is 31.3 Å². The van der Waals surface area contributed by atoms with Crippen molar-refractivity contribution in [3.8, 4) is 0 Å². The molecule has 1 fully saturated rings. The summed E-state index contributed by atoms with van der Waals surface area (Å²) in [5.74, 6) is -2.04. The first-order valence-electron chi connectivity index (χ1n) is 9.85. The van der Waals surface area contributed by atoms with Crippen LogP contribution in [0.4, 0.5) is 0 Å². The van der Waals surface area contributed by atoms with Crippen molar-refractivity contribution in [1.29, 1.82) is 0 Å². The van der Waals surface area contributed by atoms with Gasteiger partial charge in [-0.05, 0) is 57.6 Å². The van der Waals surface area contributed by atoms with Gasteiger partial charge in [0.15, 0.2) is 6.29 Å². The molecule has 0 unspecified atom stereocenters. The predicted octanol–water partition coefficient (Wildman–Crippen LogP) is 3.61. The number of hydrogen-bond acceptors (Lipinski definition) is 6. The molecule has 5 atom stereocenters. The van der Waals surface area contributed by atoms with E-state index in [1.807, 2.05) is 27.7 Å². The van der Waals surface area contributed by atoms with Crippen LogP contribution in [0.2, 0.25) is 0 Å². The second kappa shape index (κ2) is 9.40. The average molecular weight is 380 g/mol. The Kier molecular flexibility index (Phi) is 7.48. The van der Waals surface area contributed by atoms with Crippen LogP contribution in [0.5, 0.6) is 0 Å². The van der Waals surface area contributed by atoms with E-state index in [1.165, 1.54) is 0 Å². The highest BCUT2D eigenvalue weighted by Gasteiger charge is 2.52. The van der Waals surface area contributed by atoms with Crippen LogP contribution in [-0.4, -0.2) is 38.0 Å². The van der Waals surface area contributed by atoms with Crippen LogP contribution in [0, 0.1) is 23.7 Å². The van der Waals surface area contributed by atoms with Crippen LogP contribution in [0.15, 0.2) is 23.0 Å². The van der Waals surface area contributed by atoms with Crippen molar-refractivity contribution in [2.24, 2.45) is 23.7 Å². The minimum atomic E-state index is -0.682. The number of carbonyl (C=O) groups is 2. The number of carbonyl (C=O) groups excluding carboxylic acids is 2. The molecule has 152 valence electrons. The normalized spacial score (nSPS) is 29.9. The quantitative estimate of drug-likeness (QED) is 0.656. The van der Waals surface area contributed by atoms with Gasteiger partial charge in [0.25, 0.3) is 0 Å². The molecule has 27 heavy (non-hydrogen) atoms. The van der Waals surface area contributed by atoms with Gasteiger partial charge in [-0.1, -0.05) is 12.5 Å². The summed E-state index contributed by atoms with van der Waals surface area (Å²) >= 11 is 0. The largest absolute Gasteiger partial charge is 0.472 e. The minimum absolute atomic E-state index is 0.0558. The SMILES string of the molecule is CCOC(=O)[C@@H]1C(=C(C)C)C2=CO[C@@H](OCC)C[C@H]2[C@H](C)[C@H]1C(=O)OCC. The Morgan fingerprint density at radius 3 is 2.26 bits per heavy atom. The van der Waals surface area contributed by atoms with Crippen LogP contribution in [0.1, 0.15) is 48.0 Å². The van der Waals surface area contributed by atoms with E-state index in [2.05, 4.69) is 0 Å². The maximum atomic E-state index is 12.9. The topological polar surface area (TPSA) is 71.1 Å². The van der Waals surface area contributed by atoms with E-state index in [0.29, 0.717) is 13.0 Å².